The number of aromatic nitrogens is 1. The van der Waals surface area contributed by atoms with Gasteiger partial charge in [0, 0.05) is 10.9 Å². The zero-order valence-electron chi connectivity index (χ0n) is 12.5. The number of hydrogen-bond donors (Lipinski definition) is 0. The number of hydrogen-bond acceptors (Lipinski definition) is 4. The quantitative estimate of drug-likeness (QED) is 0.828. The summed E-state index contributed by atoms with van der Waals surface area (Å²) in [7, 11) is 0. The Bertz CT molecular complexity index is 576. The Morgan fingerprint density at radius 2 is 2.00 bits per heavy atom. The lowest BCUT2D eigenvalue weighted by molar-refractivity contribution is 0.220. The van der Waals surface area contributed by atoms with Crippen molar-refractivity contribution < 1.29 is 4.74 Å². The number of ether oxygens (including phenoxy) is 1. The Morgan fingerprint density at radius 1 is 1.19 bits per heavy atom. The molecule has 21 heavy (non-hydrogen) atoms. The van der Waals surface area contributed by atoms with E-state index in [4.69, 9.17) is 9.72 Å². The van der Waals surface area contributed by atoms with Crippen molar-refractivity contribution in [1.82, 2.24) is 9.88 Å². The Labute approximate surface area is 130 Å². The molecule has 0 atom stereocenters. The largest absolute Gasteiger partial charge is 0.493 e. The molecule has 4 heteroatoms. The summed E-state index contributed by atoms with van der Waals surface area (Å²) in [4.78, 5) is 7.33. The topological polar surface area (TPSA) is 25.4 Å². The molecule has 3 nitrogen and oxygen atoms in total. The van der Waals surface area contributed by atoms with E-state index in [0.29, 0.717) is 6.61 Å². The molecule has 0 unspecified atom stereocenters. The van der Waals surface area contributed by atoms with Crippen LogP contribution in [-0.4, -0.2) is 29.6 Å². The van der Waals surface area contributed by atoms with E-state index in [9.17, 15) is 0 Å². The number of likely N-dealkylation sites (tertiary alicyclic amines) is 1. The van der Waals surface area contributed by atoms with Crippen LogP contribution in [0, 0.1) is 0 Å². The number of thiazole rings is 1. The highest BCUT2D eigenvalue weighted by Crippen LogP contribution is 2.31. The molecule has 0 N–H and O–H groups in total. The van der Waals surface area contributed by atoms with Gasteiger partial charge < -0.3 is 4.74 Å². The lowest BCUT2D eigenvalue weighted by Gasteiger charge is -2.25. The van der Waals surface area contributed by atoms with Gasteiger partial charge in [0.05, 0.1) is 18.8 Å². The van der Waals surface area contributed by atoms with Crippen LogP contribution in [0.5, 0.6) is 5.75 Å². The van der Waals surface area contributed by atoms with Gasteiger partial charge in [0.1, 0.15) is 10.8 Å². The third-order valence-electron chi connectivity index (χ3n) is 3.82. The van der Waals surface area contributed by atoms with Crippen LogP contribution in [0.25, 0.3) is 11.3 Å². The van der Waals surface area contributed by atoms with E-state index in [1.165, 1.54) is 37.4 Å². The molecule has 1 aliphatic heterocycles. The molecule has 0 radical (unpaired) electrons. The summed E-state index contributed by atoms with van der Waals surface area (Å²) >= 11 is 1.76. The predicted molar refractivity (Wildman–Crippen MR) is 87.8 cm³/mol. The van der Waals surface area contributed by atoms with Crippen molar-refractivity contribution in [3.8, 4) is 17.0 Å². The van der Waals surface area contributed by atoms with E-state index >= 15 is 0 Å². The highest BCUT2D eigenvalue weighted by Gasteiger charge is 2.14. The molecule has 2 heterocycles. The van der Waals surface area contributed by atoms with Crippen LogP contribution < -0.4 is 4.74 Å². The highest BCUT2D eigenvalue weighted by molar-refractivity contribution is 7.09. The van der Waals surface area contributed by atoms with Crippen LogP contribution in [0.4, 0.5) is 0 Å². The van der Waals surface area contributed by atoms with Gasteiger partial charge in [-0.05, 0) is 45.0 Å². The Hall–Kier alpha value is -1.39. The van der Waals surface area contributed by atoms with Crippen molar-refractivity contribution in [1.29, 1.82) is 0 Å². The minimum absolute atomic E-state index is 0.682. The molecule has 1 fully saturated rings. The molecule has 0 bridgehead atoms. The number of para-hydroxylation sites is 1. The number of piperidine rings is 1. The Balaban J connectivity index is 1.75. The van der Waals surface area contributed by atoms with Crippen molar-refractivity contribution in [3.63, 3.8) is 0 Å². The first-order valence-electron chi connectivity index (χ1n) is 7.76. The maximum Gasteiger partial charge on any atom is 0.128 e. The first-order valence-corrected chi connectivity index (χ1v) is 8.63. The van der Waals surface area contributed by atoms with Crippen molar-refractivity contribution in [2.45, 2.75) is 32.7 Å². The van der Waals surface area contributed by atoms with Gasteiger partial charge in [-0.1, -0.05) is 18.6 Å². The summed E-state index contributed by atoms with van der Waals surface area (Å²) in [6.07, 6.45) is 4.03. The third-order valence-corrected chi connectivity index (χ3v) is 4.66. The Kier molecular flexibility index (Phi) is 4.88. The molecule has 0 saturated carbocycles. The molecule has 1 aliphatic rings. The van der Waals surface area contributed by atoms with E-state index in [0.717, 1.165) is 23.6 Å². The van der Waals surface area contributed by atoms with E-state index < -0.39 is 0 Å². The van der Waals surface area contributed by atoms with Gasteiger partial charge in [0.2, 0.25) is 0 Å². The third kappa shape index (κ3) is 3.63. The van der Waals surface area contributed by atoms with Gasteiger partial charge in [-0.2, -0.15) is 0 Å². The zero-order chi connectivity index (χ0) is 14.5. The van der Waals surface area contributed by atoms with E-state index in [1.54, 1.807) is 11.3 Å². The predicted octanol–water partition coefficient (Wildman–Crippen LogP) is 4.19. The average Bonchev–Trinajstić information content (AvgIpc) is 2.97. The standard InChI is InChI=1S/C17H22N2OS/c1-2-20-16-9-5-4-8-14(16)15-13-21-17(18-15)12-19-10-6-3-7-11-19/h4-5,8-9,13H,2-3,6-7,10-12H2,1H3. The summed E-state index contributed by atoms with van der Waals surface area (Å²) in [5, 5.41) is 3.36. The van der Waals surface area contributed by atoms with Crippen LogP contribution in [0.1, 0.15) is 31.2 Å². The van der Waals surface area contributed by atoms with Crippen molar-refractivity contribution >= 4 is 11.3 Å². The van der Waals surface area contributed by atoms with Crippen LogP contribution in [0.3, 0.4) is 0 Å². The van der Waals surface area contributed by atoms with Gasteiger partial charge in [0.15, 0.2) is 0 Å². The SMILES string of the molecule is CCOc1ccccc1-c1csc(CN2CCCCC2)n1. The van der Waals surface area contributed by atoms with Gasteiger partial charge in [-0.3, -0.25) is 4.90 Å². The fourth-order valence-corrected chi connectivity index (χ4v) is 3.61. The smallest absolute Gasteiger partial charge is 0.128 e. The number of nitrogens with zero attached hydrogens (tertiary/aromatic N) is 2. The van der Waals surface area contributed by atoms with E-state index in [-0.39, 0.29) is 0 Å². The number of rotatable bonds is 5. The van der Waals surface area contributed by atoms with Gasteiger partial charge in [-0.15, -0.1) is 11.3 Å². The molecular weight excluding hydrogens is 280 g/mol. The van der Waals surface area contributed by atoms with Crippen LogP contribution in [-0.2, 0) is 6.54 Å². The first kappa shape index (κ1) is 14.5. The van der Waals surface area contributed by atoms with Gasteiger partial charge in [-0.25, -0.2) is 4.98 Å². The molecule has 2 aromatic rings. The lowest BCUT2D eigenvalue weighted by atomic mass is 10.1. The van der Waals surface area contributed by atoms with Crippen LogP contribution in [0.15, 0.2) is 29.6 Å². The van der Waals surface area contributed by atoms with Gasteiger partial charge in [0.25, 0.3) is 0 Å². The van der Waals surface area contributed by atoms with Gasteiger partial charge >= 0.3 is 0 Å². The molecule has 1 aromatic heterocycles. The molecular formula is C17H22N2OS. The monoisotopic (exact) mass is 302 g/mol. The minimum Gasteiger partial charge on any atom is -0.493 e. The highest BCUT2D eigenvalue weighted by atomic mass is 32.1. The molecule has 1 saturated heterocycles. The Morgan fingerprint density at radius 3 is 2.81 bits per heavy atom. The van der Waals surface area contributed by atoms with Crippen LogP contribution in [0.2, 0.25) is 0 Å². The summed E-state index contributed by atoms with van der Waals surface area (Å²) in [5.41, 5.74) is 2.14. The van der Waals surface area contributed by atoms with E-state index in [2.05, 4.69) is 16.3 Å². The van der Waals surface area contributed by atoms with Crippen molar-refractivity contribution in [2.75, 3.05) is 19.7 Å². The molecule has 0 amide bonds. The maximum atomic E-state index is 5.70. The summed E-state index contributed by atoms with van der Waals surface area (Å²) in [5.74, 6) is 0.926. The number of benzene rings is 1. The maximum absolute atomic E-state index is 5.70. The molecule has 112 valence electrons. The second-order valence-corrected chi connectivity index (χ2v) is 6.34. The normalized spacial score (nSPS) is 16.0. The lowest BCUT2D eigenvalue weighted by Crippen LogP contribution is -2.28. The summed E-state index contributed by atoms with van der Waals surface area (Å²) < 4.78 is 5.70. The van der Waals surface area contributed by atoms with Crippen LogP contribution >= 0.6 is 11.3 Å². The second-order valence-electron chi connectivity index (χ2n) is 5.39. The summed E-state index contributed by atoms with van der Waals surface area (Å²) in [6.45, 7) is 6.11. The first-order chi connectivity index (χ1) is 10.4. The second kappa shape index (κ2) is 7.05. The molecule has 0 spiro atoms. The van der Waals surface area contributed by atoms with Crippen molar-refractivity contribution in [3.05, 3.63) is 34.7 Å². The fraction of sp³-hybridized carbons (Fsp3) is 0.471. The fourth-order valence-electron chi connectivity index (χ4n) is 2.78. The molecule has 0 aliphatic carbocycles. The zero-order valence-corrected chi connectivity index (χ0v) is 13.4. The summed E-state index contributed by atoms with van der Waals surface area (Å²) in [6, 6.07) is 8.16. The average molecular weight is 302 g/mol. The minimum atomic E-state index is 0.682. The molecule has 1 aromatic carbocycles. The van der Waals surface area contributed by atoms with E-state index in [1.807, 2.05) is 25.1 Å². The molecule has 3 rings (SSSR count). The van der Waals surface area contributed by atoms with Crippen molar-refractivity contribution in [2.24, 2.45) is 0 Å².